The molecule has 3 heteroatoms. The highest BCUT2D eigenvalue weighted by atomic mass is 79.9. The second kappa shape index (κ2) is 6.53. The Kier molecular flexibility index (Phi) is 5.01. The first-order chi connectivity index (χ1) is 8.25. The Bertz CT molecular complexity index is 348. The fourth-order valence-electron chi connectivity index (χ4n) is 2.31. The highest BCUT2D eigenvalue weighted by Crippen LogP contribution is 2.18. The van der Waals surface area contributed by atoms with Crippen molar-refractivity contribution in [2.75, 3.05) is 13.1 Å². The zero-order chi connectivity index (χ0) is 12.1. The van der Waals surface area contributed by atoms with Crippen LogP contribution in [0.1, 0.15) is 37.8 Å². The quantitative estimate of drug-likeness (QED) is 0.891. The Morgan fingerprint density at radius 2 is 2.35 bits per heavy atom. The Hall–Kier alpha value is -0.380. The number of piperidine rings is 1. The molecule has 0 saturated carbocycles. The van der Waals surface area contributed by atoms with Crippen LogP contribution >= 0.6 is 15.9 Å². The van der Waals surface area contributed by atoms with Crippen LogP contribution in [0.25, 0.3) is 0 Å². The molecule has 1 aliphatic rings. The molecule has 0 radical (unpaired) electrons. The minimum Gasteiger partial charge on any atom is -0.313 e. The number of rotatable bonds is 4. The number of hydrogen-bond acceptors (Lipinski definition) is 2. The molecule has 2 atom stereocenters. The Morgan fingerprint density at radius 1 is 1.47 bits per heavy atom. The SMILES string of the molecule is C[C@H](NCC1CCCCN1)c1cccc(Br)c1. The van der Waals surface area contributed by atoms with E-state index in [2.05, 4.69) is 57.8 Å². The van der Waals surface area contributed by atoms with E-state index in [0.717, 1.165) is 11.0 Å². The molecule has 0 bridgehead atoms. The number of benzene rings is 1. The van der Waals surface area contributed by atoms with Gasteiger partial charge in [-0.3, -0.25) is 0 Å². The van der Waals surface area contributed by atoms with Crippen molar-refractivity contribution in [1.82, 2.24) is 10.6 Å². The molecule has 1 unspecified atom stereocenters. The first-order valence-electron chi connectivity index (χ1n) is 6.48. The van der Waals surface area contributed by atoms with Crippen molar-refractivity contribution in [2.45, 2.75) is 38.3 Å². The molecule has 94 valence electrons. The third-order valence-corrected chi connectivity index (χ3v) is 3.92. The van der Waals surface area contributed by atoms with E-state index >= 15 is 0 Å². The molecule has 1 heterocycles. The summed E-state index contributed by atoms with van der Waals surface area (Å²) >= 11 is 3.52. The van der Waals surface area contributed by atoms with Gasteiger partial charge in [-0.2, -0.15) is 0 Å². The van der Waals surface area contributed by atoms with Crippen LogP contribution in [0.15, 0.2) is 28.7 Å². The van der Waals surface area contributed by atoms with Gasteiger partial charge in [0.15, 0.2) is 0 Å². The molecule has 0 aromatic heterocycles. The first-order valence-corrected chi connectivity index (χ1v) is 7.27. The highest BCUT2D eigenvalue weighted by Gasteiger charge is 2.13. The molecule has 1 fully saturated rings. The average Bonchev–Trinajstić information content (AvgIpc) is 2.37. The molecule has 0 amide bonds. The lowest BCUT2D eigenvalue weighted by molar-refractivity contribution is 0.371. The van der Waals surface area contributed by atoms with E-state index in [1.54, 1.807) is 0 Å². The van der Waals surface area contributed by atoms with Crippen LogP contribution in [0.5, 0.6) is 0 Å². The van der Waals surface area contributed by atoms with E-state index in [-0.39, 0.29) is 0 Å². The monoisotopic (exact) mass is 296 g/mol. The molecule has 1 aliphatic heterocycles. The zero-order valence-electron chi connectivity index (χ0n) is 10.4. The van der Waals surface area contributed by atoms with Gasteiger partial charge >= 0.3 is 0 Å². The lowest BCUT2D eigenvalue weighted by Gasteiger charge is -2.25. The molecule has 1 aromatic rings. The smallest absolute Gasteiger partial charge is 0.0292 e. The second-order valence-corrected chi connectivity index (χ2v) is 5.75. The van der Waals surface area contributed by atoms with Crippen molar-refractivity contribution in [3.63, 3.8) is 0 Å². The summed E-state index contributed by atoms with van der Waals surface area (Å²) in [5.74, 6) is 0. The average molecular weight is 297 g/mol. The van der Waals surface area contributed by atoms with Gasteiger partial charge in [0.2, 0.25) is 0 Å². The molecule has 2 N–H and O–H groups in total. The predicted octanol–water partition coefficient (Wildman–Crippen LogP) is 3.24. The predicted molar refractivity (Wildman–Crippen MR) is 76.2 cm³/mol. The van der Waals surface area contributed by atoms with Crippen molar-refractivity contribution >= 4 is 15.9 Å². The van der Waals surface area contributed by atoms with Crippen molar-refractivity contribution < 1.29 is 0 Å². The highest BCUT2D eigenvalue weighted by molar-refractivity contribution is 9.10. The summed E-state index contributed by atoms with van der Waals surface area (Å²) < 4.78 is 1.15. The van der Waals surface area contributed by atoms with Gasteiger partial charge in [0.1, 0.15) is 0 Å². The fourth-order valence-corrected chi connectivity index (χ4v) is 2.73. The number of halogens is 1. The summed E-state index contributed by atoms with van der Waals surface area (Å²) in [4.78, 5) is 0. The molecule has 0 spiro atoms. The molecule has 2 nitrogen and oxygen atoms in total. The van der Waals surface area contributed by atoms with Gasteiger partial charge in [0.25, 0.3) is 0 Å². The van der Waals surface area contributed by atoms with Gasteiger partial charge in [-0.15, -0.1) is 0 Å². The van der Waals surface area contributed by atoms with E-state index in [9.17, 15) is 0 Å². The third kappa shape index (κ3) is 4.09. The number of nitrogens with one attached hydrogen (secondary N) is 2. The van der Waals surface area contributed by atoms with Crippen LogP contribution in [0, 0.1) is 0 Å². The summed E-state index contributed by atoms with van der Waals surface area (Å²) in [7, 11) is 0. The standard InChI is InChI=1S/C14H21BrN2/c1-11(12-5-4-6-13(15)9-12)17-10-14-7-2-3-8-16-14/h4-6,9,11,14,16-17H,2-3,7-8,10H2,1H3/t11-,14?/m0/s1. The second-order valence-electron chi connectivity index (χ2n) is 4.83. The van der Waals surface area contributed by atoms with Gasteiger partial charge in [-0.25, -0.2) is 0 Å². The molecule has 1 saturated heterocycles. The zero-order valence-corrected chi connectivity index (χ0v) is 12.0. The summed E-state index contributed by atoms with van der Waals surface area (Å²) in [6.07, 6.45) is 4.00. The Morgan fingerprint density at radius 3 is 3.06 bits per heavy atom. The van der Waals surface area contributed by atoms with E-state index in [4.69, 9.17) is 0 Å². The maximum atomic E-state index is 3.61. The van der Waals surface area contributed by atoms with Crippen LogP contribution in [-0.4, -0.2) is 19.1 Å². The van der Waals surface area contributed by atoms with Crippen LogP contribution < -0.4 is 10.6 Å². The fraction of sp³-hybridized carbons (Fsp3) is 0.571. The maximum Gasteiger partial charge on any atom is 0.0292 e. The lowest BCUT2D eigenvalue weighted by Crippen LogP contribution is -2.42. The maximum absolute atomic E-state index is 3.61. The largest absolute Gasteiger partial charge is 0.313 e. The molecular weight excluding hydrogens is 276 g/mol. The normalized spacial score (nSPS) is 22.4. The Balaban J connectivity index is 1.82. The van der Waals surface area contributed by atoms with Crippen LogP contribution in [0.2, 0.25) is 0 Å². The van der Waals surface area contributed by atoms with E-state index < -0.39 is 0 Å². The van der Waals surface area contributed by atoms with Gasteiger partial charge in [-0.1, -0.05) is 34.5 Å². The van der Waals surface area contributed by atoms with Crippen LogP contribution in [-0.2, 0) is 0 Å². The summed E-state index contributed by atoms with van der Waals surface area (Å²) in [5, 5.41) is 7.18. The van der Waals surface area contributed by atoms with Crippen LogP contribution in [0.4, 0.5) is 0 Å². The minimum absolute atomic E-state index is 0.413. The van der Waals surface area contributed by atoms with Gasteiger partial charge in [-0.05, 0) is 44.0 Å². The molecule has 2 rings (SSSR count). The summed E-state index contributed by atoms with van der Waals surface area (Å²) in [5.41, 5.74) is 1.34. The van der Waals surface area contributed by atoms with Crippen molar-refractivity contribution in [3.8, 4) is 0 Å². The van der Waals surface area contributed by atoms with Gasteiger partial charge < -0.3 is 10.6 Å². The molecule has 1 aromatic carbocycles. The molecule has 17 heavy (non-hydrogen) atoms. The number of hydrogen-bond donors (Lipinski definition) is 2. The van der Waals surface area contributed by atoms with Gasteiger partial charge in [0, 0.05) is 23.1 Å². The van der Waals surface area contributed by atoms with Crippen molar-refractivity contribution in [3.05, 3.63) is 34.3 Å². The lowest BCUT2D eigenvalue weighted by atomic mass is 10.0. The summed E-state index contributed by atoms with van der Waals surface area (Å²) in [6.45, 7) is 4.47. The van der Waals surface area contributed by atoms with Crippen LogP contribution in [0.3, 0.4) is 0 Å². The topological polar surface area (TPSA) is 24.1 Å². The first kappa shape index (κ1) is 13.1. The molecular formula is C14H21BrN2. The van der Waals surface area contributed by atoms with E-state index in [1.807, 2.05) is 0 Å². The van der Waals surface area contributed by atoms with Crippen molar-refractivity contribution in [1.29, 1.82) is 0 Å². The summed E-state index contributed by atoms with van der Waals surface area (Å²) in [6, 6.07) is 9.59. The minimum atomic E-state index is 0.413. The van der Waals surface area contributed by atoms with E-state index in [1.165, 1.54) is 31.4 Å². The Labute approximate surface area is 112 Å². The molecule has 0 aliphatic carbocycles. The third-order valence-electron chi connectivity index (χ3n) is 3.43. The van der Waals surface area contributed by atoms with E-state index in [0.29, 0.717) is 12.1 Å². The van der Waals surface area contributed by atoms with Gasteiger partial charge in [0.05, 0.1) is 0 Å². The van der Waals surface area contributed by atoms with Crippen molar-refractivity contribution in [2.24, 2.45) is 0 Å².